The molecular weight excluding hydrogens is 460 g/mol. The number of carbonyl (C=O) groups is 1. The van der Waals surface area contributed by atoms with Crippen LogP contribution in [0.1, 0.15) is 38.8 Å². The summed E-state index contributed by atoms with van der Waals surface area (Å²) >= 11 is 0. The van der Waals surface area contributed by atoms with Crippen molar-refractivity contribution >= 4 is 35.8 Å². The van der Waals surface area contributed by atoms with Gasteiger partial charge in [-0.1, -0.05) is 6.07 Å². The van der Waals surface area contributed by atoms with Crippen LogP contribution in [0.15, 0.2) is 23.2 Å². The summed E-state index contributed by atoms with van der Waals surface area (Å²) in [5, 5.41) is 9.01. The largest absolute Gasteiger partial charge is 0.357 e. The molecule has 3 N–H and O–H groups in total. The Hall–Kier alpha value is -1.42. The number of guanidine groups is 1. The molecule has 0 radical (unpaired) electrons. The standard InChI is InChI=1S/C19H32FN5O.HI/c1-7-21-18(23-12-17(26)24-19(2,3)4)22-11-14-8-9-16(20)15(10-14)13-25(5)6;/h8-10H,7,11-13H2,1-6H3,(H,24,26)(H2,21,22,23);1H. The average Bonchev–Trinajstić information content (AvgIpc) is 2.50. The summed E-state index contributed by atoms with van der Waals surface area (Å²) in [7, 11) is 3.81. The molecule has 1 amide bonds. The summed E-state index contributed by atoms with van der Waals surface area (Å²) in [6.45, 7) is 9.52. The highest BCUT2D eigenvalue weighted by molar-refractivity contribution is 14.0. The maximum Gasteiger partial charge on any atom is 0.239 e. The number of nitrogens with one attached hydrogen (secondary N) is 3. The second-order valence-corrected chi connectivity index (χ2v) is 7.51. The minimum atomic E-state index is -0.273. The SMILES string of the molecule is CCNC(=NCc1ccc(F)c(CN(C)C)c1)NCC(=O)NC(C)(C)C.I. The first-order chi connectivity index (χ1) is 12.1. The number of amides is 1. The Morgan fingerprint density at radius 1 is 1.22 bits per heavy atom. The van der Waals surface area contributed by atoms with Gasteiger partial charge in [0.1, 0.15) is 5.82 Å². The van der Waals surface area contributed by atoms with Gasteiger partial charge in [0.2, 0.25) is 5.91 Å². The van der Waals surface area contributed by atoms with Crippen LogP contribution in [-0.2, 0) is 17.9 Å². The lowest BCUT2D eigenvalue weighted by Gasteiger charge is -2.21. The zero-order chi connectivity index (χ0) is 19.7. The fraction of sp³-hybridized carbons (Fsp3) is 0.579. The molecule has 0 heterocycles. The summed E-state index contributed by atoms with van der Waals surface area (Å²) in [6, 6.07) is 5.03. The second kappa shape index (κ2) is 12.1. The molecule has 154 valence electrons. The van der Waals surface area contributed by atoms with E-state index in [2.05, 4.69) is 20.9 Å². The molecule has 0 spiro atoms. The lowest BCUT2D eigenvalue weighted by molar-refractivity contribution is -0.121. The Labute approximate surface area is 179 Å². The molecule has 0 saturated heterocycles. The Morgan fingerprint density at radius 3 is 2.44 bits per heavy atom. The first-order valence-electron chi connectivity index (χ1n) is 8.86. The van der Waals surface area contributed by atoms with Gasteiger partial charge < -0.3 is 20.9 Å². The number of hydrogen-bond acceptors (Lipinski definition) is 3. The molecule has 0 saturated carbocycles. The Morgan fingerprint density at radius 2 is 1.89 bits per heavy atom. The minimum absolute atomic E-state index is 0. The van der Waals surface area contributed by atoms with Crippen LogP contribution in [0.4, 0.5) is 4.39 Å². The molecule has 0 aliphatic rings. The van der Waals surface area contributed by atoms with Gasteiger partial charge in [-0.3, -0.25) is 4.79 Å². The van der Waals surface area contributed by atoms with Crippen molar-refractivity contribution in [3.05, 3.63) is 35.1 Å². The Balaban J connectivity index is 0.00000676. The topological polar surface area (TPSA) is 68.8 Å². The monoisotopic (exact) mass is 493 g/mol. The maximum atomic E-state index is 13.9. The van der Waals surface area contributed by atoms with Gasteiger partial charge in [0, 0.05) is 24.2 Å². The molecule has 1 rings (SSSR count). The van der Waals surface area contributed by atoms with Gasteiger partial charge >= 0.3 is 0 Å². The van der Waals surface area contributed by atoms with E-state index in [-0.39, 0.29) is 47.8 Å². The van der Waals surface area contributed by atoms with Crippen molar-refractivity contribution in [3.8, 4) is 0 Å². The molecule has 8 heteroatoms. The summed E-state index contributed by atoms with van der Waals surface area (Å²) in [5.74, 6) is 0.239. The molecule has 0 aliphatic carbocycles. The van der Waals surface area contributed by atoms with E-state index in [9.17, 15) is 9.18 Å². The quantitative estimate of drug-likeness (QED) is 0.310. The van der Waals surface area contributed by atoms with Crippen molar-refractivity contribution in [3.63, 3.8) is 0 Å². The summed E-state index contributed by atoms with van der Waals surface area (Å²) < 4.78 is 13.9. The van der Waals surface area contributed by atoms with E-state index in [1.165, 1.54) is 6.07 Å². The van der Waals surface area contributed by atoms with Crippen molar-refractivity contribution in [2.45, 2.75) is 46.3 Å². The van der Waals surface area contributed by atoms with Gasteiger partial charge in [-0.2, -0.15) is 0 Å². The van der Waals surface area contributed by atoms with E-state index >= 15 is 0 Å². The van der Waals surface area contributed by atoms with Crippen molar-refractivity contribution < 1.29 is 9.18 Å². The van der Waals surface area contributed by atoms with Crippen LogP contribution in [-0.4, -0.2) is 49.5 Å². The normalized spacial score (nSPS) is 11.8. The van der Waals surface area contributed by atoms with Gasteiger partial charge in [-0.05, 0) is 59.5 Å². The molecule has 0 unspecified atom stereocenters. The minimum Gasteiger partial charge on any atom is -0.357 e. The lowest BCUT2D eigenvalue weighted by Crippen LogP contribution is -2.48. The van der Waals surface area contributed by atoms with E-state index in [1.807, 2.05) is 52.8 Å². The van der Waals surface area contributed by atoms with Crippen LogP contribution in [0.25, 0.3) is 0 Å². The first-order valence-corrected chi connectivity index (χ1v) is 8.86. The lowest BCUT2D eigenvalue weighted by atomic mass is 10.1. The molecule has 1 aromatic carbocycles. The average molecular weight is 493 g/mol. The third-order valence-electron chi connectivity index (χ3n) is 3.29. The van der Waals surface area contributed by atoms with Crippen LogP contribution < -0.4 is 16.0 Å². The predicted octanol–water partition coefficient (Wildman–Crippen LogP) is 2.48. The highest BCUT2D eigenvalue weighted by atomic mass is 127. The third kappa shape index (κ3) is 11.1. The summed E-state index contributed by atoms with van der Waals surface area (Å²) in [5.41, 5.74) is 1.29. The smallest absolute Gasteiger partial charge is 0.239 e. The number of aliphatic imine (C=N–C) groups is 1. The molecule has 1 aromatic rings. The number of halogens is 2. The van der Waals surface area contributed by atoms with Crippen molar-refractivity contribution in [1.29, 1.82) is 0 Å². The molecule has 0 fully saturated rings. The van der Waals surface area contributed by atoms with E-state index in [0.29, 0.717) is 31.2 Å². The van der Waals surface area contributed by atoms with E-state index in [1.54, 1.807) is 6.07 Å². The van der Waals surface area contributed by atoms with Crippen LogP contribution in [0.5, 0.6) is 0 Å². The molecule has 27 heavy (non-hydrogen) atoms. The Bertz CT molecular complexity index is 629. The van der Waals surface area contributed by atoms with Crippen molar-refractivity contribution in [2.24, 2.45) is 4.99 Å². The van der Waals surface area contributed by atoms with Gasteiger partial charge in [-0.25, -0.2) is 9.38 Å². The van der Waals surface area contributed by atoms with Crippen LogP contribution in [0, 0.1) is 5.82 Å². The number of carbonyl (C=O) groups excluding carboxylic acids is 1. The third-order valence-corrected chi connectivity index (χ3v) is 3.29. The molecule has 0 aromatic heterocycles. The molecular formula is C19H33FIN5O. The fourth-order valence-corrected chi connectivity index (χ4v) is 2.33. The van der Waals surface area contributed by atoms with Crippen LogP contribution in [0.2, 0.25) is 0 Å². The molecule has 0 bridgehead atoms. The van der Waals surface area contributed by atoms with Crippen molar-refractivity contribution in [1.82, 2.24) is 20.9 Å². The van der Waals surface area contributed by atoms with Gasteiger partial charge in [0.15, 0.2) is 5.96 Å². The first kappa shape index (κ1) is 25.6. The van der Waals surface area contributed by atoms with Crippen LogP contribution in [0.3, 0.4) is 0 Å². The number of rotatable bonds is 7. The summed E-state index contributed by atoms with van der Waals surface area (Å²) in [6.07, 6.45) is 0. The highest BCUT2D eigenvalue weighted by Gasteiger charge is 2.13. The number of hydrogen-bond donors (Lipinski definition) is 3. The zero-order valence-corrected chi connectivity index (χ0v) is 19.5. The molecule has 6 nitrogen and oxygen atoms in total. The fourth-order valence-electron chi connectivity index (χ4n) is 2.33. The van der Waals surface area contributed by atoms with Crippen LogP contribution >= 0.6 is 24.0 Å². The maximum absolute atomic E-state index is 13.9. The van der Waals surface area contributed by atoms with Gasteiger partial charge in [0.05, 0.1) is 13.1 Å². The highest BCUT2D eigenvalue weighted by Crippen LogP contribution is 2.13. The number of nitrogens with zero attached hydrogens (tertiary/aromatic N) is 2. The number of benzene rings is 1. The van der Waals surface area contributed by atoms with Gasteiger partial charge in [0.25, 0.3) is 0 Å². The van der Waals surface area contributed by atoms with E-state index in [4.69, 9.17) is 0 Å². The van der Waals surface area contributed by atoms with Crippen molar-refractivity contribution in [2.75, 3.05) is 27.2 Å². The molecule has 0 atom stereocenters. The molecule has 0 aliphatic heterocycles. The Kier molecular flexibility index (Phi) is 11.5. The zero-order valence-electron chi connectivity index (χ0n) is 17.1. The van der Waals surface area contributed by atoms with Gasteiger partial charge in [-0.15, -0.1) is 24.0 Å². The predicted molar refractivity (Wildman–Crippen MR) is 120 cm³/mol. The second-order valence-electron chi connectivity index (χ2n) is 7.51. The van der Waals surface area contributed by atoms with E-state index < -0.39 is 0 Å². The van der Waals surface area contributed by atoms with E-state index in [0.717, 1.165) is 5.56 Å². The summed E-state index contributed by atoms with van der Waals surface area (Å²) in [4.78, 5) is 18.3.